The maximum Gasteiger partial charge on any atom is 0.183 e. The van der Waals surface area contributed by atoms with E-state index in [9.17, 15) is 4.39 Å². The molecule has 0 atom stereocenters. The zero-order chi connectivity index (χ0) is 8.10. The highest BCUT2D eigenvalue weighted by molar-refractivity contribution is 5.34. The lowest BCUT2D eigenvalue weighted by Crippen LogP contribution is -2.02. The first kappa shape index (κ1) is 7.65. The third-order valence-corrected chi connectivity index (χ3v) is 1.08. The molecule has 0 amide bonds. The van der Waals surface area contributed by atoms with E-state index >= 15 is 0 Å². The third kappa shape index (κ3) is 2.00. The summed E-state index contributed by atoms with van der Waals surface area (Å²) < 4.78 is 12.7. The second-order valence-corrected chi connectivity index (χ2v) is 1.89. The van der Waals surface area contributed by atoms with E-state index in [-0.39, 0.29) is 5.82 Å². The second-order valence-electron chi connectivity index (χ2n) is 1.89. The Hall–Kier alpha value is -1.45. The molecule has 0 unspecified atom stereocenters. The molecule has 0 aliphatic carbocycles. The Morgan fingerprint density at radius 2 is 2.55 bits per heavy atom. The van der Waals surface area contributed by atoms with Crippen LogP contribution in [0.4, 0.5) is 10.2 Å². The minimum absolute atomic E-state index is 0.208. The van der Waals surface area contributed by atoms with Gasteiger partial charge in [0.25, 0.3) is 0 Å². The SMILES string of the molecule is C=CCNc1ncncc1F. The Kier molecular flexibility index (Phi) is 2.54. The number of anilines is 1. The molecule has 58 valence electrons. The summed E-state index contributed by atoms with van der Waals surface area (Å²) >= 11 is 0. The fourth-order valence-corrected chi connectivity index (χ4v) is 0.612. The minimum atomic E-state index is -0.450. The Bertz CT molecular complexity index is 249. The van der Waals surface area contributed by atoms with Gasteiger partial charge in [0.15, 0.2) is 11.6 Å². The fourth-order valence-electron chi connectivity index (χ4n) is 0.612. The number of aromatic nitrogens is 2. The van der Waals surface area contributed by atoms with Crippen LogP contribution in [-0.2, 0) is 0 Å². The van der Waals surface area contributed by atoms with Gasteiger partial charge in [-0.05, 0) is 0 Å². The maximum absolute atomic E-state index is 12.7. The van der Waals surface area contributed by atoms with E-state index in [1.165, 1.54) is 6.33 Å². The summed E-state index contributed by atoms with van der Waals surface area (Å²) in [6.45, 7) is 3.97. The average Bonchev–Trinajstić information content (AvgIpc) is 2.03. The molecule has 1 heterocycles. The number of rotatable bonds is 3. The van der Waals surface area contributed by atoms with Crippen LogP contribution in [0.25, 0.3) is 0 Å². The average molecular weight is 153 g/mol. The molecule has 1 aromatic rings. The lowest BCUT2D eigenvalue weighted by molar-refractivity contribution is 0.617. The predicted octanol–water partition coefficient (Wildman–Crippen LogP) is 1.21. The zero-order valence-corrected chi connectivity index (χ0v) is 5.92. The first-order valence-corrected chi connectivity index (χ1v) is 3.15. The van der Waals surface area contributed by atoms with Gasteiger partial charge in [0, 0.05) is 6.54 Å². The van der Waals surface area contributed by atoms with Crippen molar-refractivity contribution in [3.8, 4) is 0 Å². The summed E-state index contributed by atoms with van der Waals surface area (Å²) in [5.74, 6) is -0.241. The molecule has 4 heteroatoms. The first-order valence-electron chi connectivity index (χ1n) is 3.15. The monoisotopic (exact) mass is 153 g/mol. The van der Waals surface area contributed by atoms with Crippen LogP contribution >= 0.6 is 0 Å². The van der Waals surface area contributed by atoms with Gasteiger partial charge >= 0.3 is 0 Å². The Balaban J connectivity index is 2.69. The van der Waals surface area contributed by atoms with Crippen molar-refractivity contribution in [2.24, 2.45) is 0 Å². The van der Waals surface area contributed by atoms with E-state index in [4.69, 9.17) is 0 Å². The van der Waals surface area contributed by atoms with Crippen LogP contribution in [0.3, 0.4) is 0 Å². The molecule has 1 rings (SSSR count). The van der Waals surface area contributed by atoms with Crippen molar-refractivity contribution in [2.75, 3.05) is 11.9 Å². The first-order chi connectivity index (χ1) is 5.34. The summed E-state index contributed by atoms with van der Waals surface area (Å²) in [7, 11) is 0. The summed E-state index contributed by atoms with van der Waals surface area (Å²) in [4.78, 5) is 7.17. The molecule has 0 aromatic carbocycles. The molecule has 0 aliphatic heterocycles. The van der Waals surface area contributed by atoms with Crippen molar-refractivity contribution in [1.82, 2.24) is 9.97 Å². The molecular weight excluding hydrogens is 145 g/mol. The Morgan fingerprint density at radius 3 is 3.18 bits per heavy atom. The predicted molar refractivity (Wildman–Crippen MR) is 40.7 cm³/mol. The zero-order valence-electron chi connectivity index (χ0n) is 5.92. The summed E-state index contributed by atoms with van der Waals surface area (Å²) in [6, 6.07) is 0. The van der Waals surface area contributed by atoms with Crippen LogP contribution in [0.2, 0.25) is 0 Å². The Morgan fingerprint density at radius 1 is 1.73 bits per heavy atom. The largest absolute Gasteiger partial charge is 0.364 e. The molecule has 0 saturated heterocycles. The minimum Gasteiger partial charge on any atom is -0.364 e. The molecule has 0 saturated carbocycles. The van der Waals surface area contributed by atoms with Gasteiger partial charge in [-0.1, -0.05) is 6.08 Å². The van der Waals surface area contributed by atoms with Crippen LogP contribution in [0.1, 0.15) is 0 Å². The van der Waals surface area contributed by atoms with E-state index in [1.54, 1.807) is 6.08 Å². The maximum atomic E-state index is 12.7. The lowest BCUT2D eigenvalue weighted by Gasteiger charge is -2.00. The molecule has 3 nitrogen and oxygen atoms in total. The van der Waals surface area contributed by atoms with Gasteiger partial charge in [-0.25, -0.2) is 14.4 Å². The highest BCUT2D eigenvalue weighted by atomic mass is 19.1. The standard InChI is InChI=1S/C7H8FN3/c1-2-3-10-7-6(8)4-9-5-11-7/h2,4-5H,1,3H2,(H,9,10,11). The number of nitrogens with zero attached hydrogens (tertiary/aromatic N) is 2. The number of hydrogen-bond donors (Lipinski definition) is 1. The molecule has 0 radical (unpaired) electrons. The van der Waals surface area contributed by atoms with E-state index < -0.39 is 5.82 Å². The number of nitrogens with one attached hydrogen (secondary N) is 1. The van der Waals surface area contributed by atoms with Crippen molar-refractivity contribution >= 4 is 5.82 Å². The molecular formula is C7H8FN3. The van der Waals surface area contributed by atoms with Crippen LogP contribution in [0, 0.1) is 5.82 Å². The van der Waals surface area contributed by atoms with Gasteiger partial charge in [0.1, 0.15) is 6.33 Å². The van der Waals surface area contributed by atoms with Crippen LogP contribution < -0.4 is 5.32 Å². The normalized spacial score (nSPS) is 9.18. The second kappa shape index (κ2) is 3.65. The van der Waals surface area contributed by atoms with E-state index in [0.29, 0.717) is 6.54 Å². The summed E-state index contributed by atoms with van der Waals surface area (Å²) in [5.41, 5.74) is 0. The van der Waals surface area contributed by atoms with Crippen LogP contribution in [0.5, 0.6) is 0 Å². The fraction of sp³-hybridized carbons (Fsp3) is 0.143. The van der Waals surface area contributed by atoms with Gasteiger partial charge in [0.05, 0.1) is 6.20 Å². The van der Waals surface area contributed by atoms with Crippen molar-refractivity contribution < 1.29 is 4.39 Å². The molecule has 11 heavy (non-hydrogen) atoms. The van der Waals surface area contributed by atoms with Crippen molar-refractivity contribution in [1.29, 1.82) is 0 Å². The summed E-state index contributed by atoms with van der Waals surface area (Å²) in [6.07, 6.45) is 4.02. The Labute approximate surface area is 64.0 Å². The van der Waals surface area contributed by atoms with Crippen LogP contribution in [-0.4, -0.2) is 16.5 Å². The topological polar surface area (TPSA) is 37.8 Å². The number of hydrogen-bond acceptors (Lipinski definition) is 3. The van der Waals surface area contributed by atoms with Gasteiger partial charge < -0.3 is 5.32 Å². The lowest BCUT2D eigenvalue weighted by atomic mass is 10.5. The molecule has 1 aromatic heterocycles. The van der Waals surface area contributed by atoms with Crippen molar-refractivity contribution in [3.05, 3.63) is 31.0 Å². The van der Waals surface area contributed by atoms with E-state index in [1.807, 2.05) is 0 Å². The molecule has 0 spiro atoms. The summed E-state index contributed by atoms with van der Waals surface area (Å²) in [5, 5.41) is 2.72. The van der Waals surface area contributed by atoms with Gasteiger partial charge in [0.2, 0.25) is 0 Å². The number of halogens is 1. The quantitative estimate of drug-likeness (QED) is 0.663. The molecule has 0 aliphatic rings. The smallest absolute Gasteiger partial charge is 0.183 e. The van der Waals surface area contributed by atoms with E-state index in [0.717, 1.165) is 6.20 Å². The van der Waals surface area contributed by atoms with Crippen molar-refractivity contribution in [3.63, 3.8) is 0 Å². The van der Waals surface area contributed by atoms with Crippen molar-refractivity contribution in [2.45, 2.75) is 0 Å². The molecule has 0 fully saturated rings. The third-order valence-electron chi connectivity index (χ3n) is 1.08. The highest BCUT2D eigenvalue weighted by Gasteiger charge is 1.98. The van der Waals surface area contributed by atoms with Gasteiger partial charge in [-0.15, -0.1) is 6.58 Å². The van der Waals surface area contributed by atoms with Gasteiger partial charge in [-0.3, -0.25) is 0 Å². The molecule has 1 N–H and O–H groups in total. The highest BCUT2D eigenvalue weighted by Crippen LogP contribution is 2.05. The van der Waals surface area contributed by atoms with Gasteiger partial charge in [-0.2, -0.15) is 0 Å². The van der Waals surface area contributed by atoms with Crippen LogP contribution in [0.15, 0.2) is 25.2 Å². The van der Waals surface area contributed by atoms with E-state index in [2.05, 4.69) is 21.9 Å². The molecule has 0 bridgehead atoms.